The Hall–Kier alpha value is -0.900. The van der Waals surface area contributed by atoms with E-state index >= 15 is 0 Å². The second-order valence-electron chi connectivity index (χ2n) is 4.68. The molecule has 0 spiro atoms. The average Bonchev–Trinajstić information content (AvgIpc) is 2.31. The summed E-state index contributed by atoms with van der Waals surface area (Å²) < 4.78 is 0. The van der Waals surface area contributed by atoms with Crippen LogP contribution in [0.15, 0.2) is 30.3 Å². The molecule has 0 aliphatic carbocycles. The summed E-state index contributed by atoms with van der Waals surface area (Å²) in [4.78, 5) is 2.48. The normalized spacial score (nSPS) is 19.2. The molecule has 88 valence electrons. The fourth-order valence-electron chi connectivity index (χ4n) is 2.34. The van der Waals surface area contributed by atoms with Crippen LogP contribution in [0, 0.1) is 5.92 Å². The van der Waals surface area contributed by atoms with E-state index in [-0.39, 0.29) is 6.17 Å². The third kappa shape index (κ3) is 3.04. The molecule has 3 heteroatoms. The Labute approximate surface area is 97.4 Å². The highest BCUT2D eigenvalue weighted by molar-refractivity contribution is 5.14. The maximum Gasteiger partial charge on any atom is 0.0550 e. The fraction of sp³-hybridized carbons (Fsp3) is 0.538. The first-order valence-corrected chi connectivity index (χ1v) is 6.03. The number of benzene rings is 1. The third-order valence-electron chi connectivity index (χ3n) is 3.43. The summed E-state index contributed by atoms with van der Waals surface area (Å²) in [6, 6.07) is 10.6. The van der Waals surface area contributed by atoms with Gasteiger partial charge in [0.25, 0.3) is 0 Å². The van der Waals surface area contributed by atoms with Gasteiger partial charge in [-0.3, -0.25) is 4.90 Å². The maximum absolute atomic E-state index is 5.72. The van der Waals surface area contributed by atoms with Crippen molar-refractivity contribution in [3.8, 4) is 0 Å². The van der Waals surface area contributed by atoms with Gasteiger partial charge in [0.05, 0.1) is 6.17 Å². The van der Waals surface area contributed by atoms with Crippen molar-refractivity contribution in [2.75, 3.05) is 13.1 Å². The fourth-order valence-corrected chi connectivity index (χ4v) is 2.34. The van der Waals surface area contributed by atoms with Gasteiger partial charge in [0.2, 0.25) is 0 Å². The summed E-state index contributed by atoms with van der Waals surface area (Å²) in [6.07, 6.45) is 2.12. The molecule has 1 aromatic rings. The number of nitrogens with two attached hydrogens (primary N) is 2. The SMILES string of the molecule is NC(N)C1CCN(Cc2ccccc2)CC1. The van der Waals surface area contributed by atoms with Crippen LogP contribution in [0.3, 0.4) is 0 Å². The molecule has 2 rings (SSSR count). The Balaban J connectivity index is 1.82. The summed E-state index contributed by atoms with van der Waals surface area (Å²) in [7, 11) is 0. The van der Waals surface area contributed by atoms with Crippen LogP contribution < -0.4 is 11.5 Å². The van der Waals surface area contributed by atoms with Gasteiger partial charge in [-0.1, -0.05) is 30.3 Å². The van der Waals surface area contributed by atoms with Gasteiger partial charge in [-0.05, 0) is 37.4 Å². The summed E-state index contributed by atoms with van der Waals surface area (Å²) in [5.74, 6) is 0.507. The van der Waals surface area contributed by atoms with Gasteiger partial charge >= 0.3 is 0 Å². The maximum atomic E-state index is 5.72. The zero-order chi connectivity index (χ0) is 11.4. The highest BCUT2D eigenvalue weighted by Gasteiger charge is 2.21. The topological polar surface area (TPSA) is 55.3 Å². The molecule has 0 amide bonds. The highest BCUT2D eigenvalue weighted by atomic mass is 15.1. The number of rotatable bonds is 3. The molecule has 1 heterocycles. The number of piperidine rings is 1. The highest BCUT2D eigenvalue weighted by Crippen LogP contribution is 2.19. The van der Waals surface area contributed by atoms with Crippen molar-refractivity contribution < 1.29 is 0 Å². The van der Waals surface area contributed by atoms with Crippen LogP contribution in [-0.2, 0) is 6.54 Å². The molecule has 0 atom stereocenters. The lowest BCUT2D eigenvalue weighted by Crippen LogP contribution is -2.45. The number of nitrogens with zero attached hydrogens (tertiary/aromatic N) is 1. The van der Waals surface area contributed by atoms with Crippen molar-refractivity contribution in [1.82, 2.24) is 4.90 Å². The monoisotopic (exact) mass is 219 g/mol. The Bertz CT molecular complexity index is 302. The van der Waals surface area contributed by atoms with Gasteiger partial charge in [0.15, 0.2) is 0 Å². The summed E-state index contributed by atoms with van der Waals surface area (Å²) in [6.45, 7) is 3.28. The molecule has 1 aliphatic heterocycles. The van der Waals surface area contributed by atoms with E-state index in [1.54, 1.807) is 0 Å². The molecule has 0 aromatic heterocycles. The van der Waals surface area contributed by atoms with E-state index < -0.39 is 0 Å². The second kappa shape index (κ2) is 5.43. The lowest BCUT2D eigenvalue weighted by Gasteiger charge is -2.33. The first kappa shape index (κ1) is 11.6. The third-order valence-corrected chi connectivity index (χ3v) is 3.43. The lowest BCUT2D eigenvalue weighted by molar-refractivity contribution is 0.163. The number of hydrogen-bond acceptors (Lipinski definition) is 3. The summed E-state index contributed by atoms with van der Waals surface area (Å²) >= 11 is 0. The number of hydrogen-bond donors (Lipinski definition) is 2. The molecule has 0 unspecified atom stereocenters. The molecule has 0 bridgehead atoms. The van der Waals surface area contributed by atoms with Crippen molar-refractivity contribution >= 4 is 0 Å². The molecule has 4 N–H and O–H groups in total. The van der Waals surface area contributed by atoms with Crippen LogP contribution in [0.25, 0.3) is 0 Å². The van der Waals surface area contributed by atoms with Crippen molar-refractivity contribution in [2.45, 2.75) is 25.6 Å². The smallest absolute Gasteiger partial charge is 0.0550 e. The quantitative estimate of drug-likeness (QED) is 0.750. The van der Waals surface area contributed by atoms with Crippen LogP contribution in [0.1, 0.15) is 18.4 Å². The van der Waals surface area contributed by atoms with Crippen molar-refractivity contribution in [3.05, 3.63) is 35.9 Å². The van der Waals surface area contributed by atoms with Crippen molar-refractivity contribution in [3.63, 3.8) is 0 Å². The second-order valence-corrected chi connectivity index (χ2v) is 4.68. The molecule has 1 saturated heterocycles. The first-order valence-electron chi connectivity index (χ1n) is 6.03. The molecular formula is C13H21N3. The predicted octanol–water partition coefficient (Wildman–Crippen LogP) is 1.14. The van der Waals surface area contributed by atoms with E-state index in [9.17, 15) is 0 Å². The molecule has 0 saturated carbocycles. The van der Waals surface area contributed by atoms with Gasteiger partial charge in [-0.2, -0.15) is 0 Å². The van der Waals surface area contributed by atoms with E-state index in [0.717, 1.165) is 32.5 Å². The molecular weight excluding hydrogens is 198 g/mol. The first-order chi connectivity index (χ1) is 7.75. The van der Waals surface area contributed by atoms with Crippen LogP contribution in [0.5, 0.6) is 0 Å². The zero-order valence-electron chi connectivity index (χ0n) is 9.68. The van der Waals surface area contributed by atoms with Crippen LogP contribution in [-0.4, -0.2) is 24.2 Å². The molecule has 1 fully saturated rings. The molecule has 1 aromatic carbocycles. The standard InChI is InChI=1S/C13H21N3/c14-13(15)12-6-8-16(9-7-12)10-11-4-2-1-3-5-11/h1-5,12-13H,6-10,14-15H2. The van der Waals surface area contributed by atoms with Gasteiger partial charge in [-0.15, -0.1) is 0 Å². The van der Waals surface area contributed by atoms with Crippen LogP contribution >= 0.6 is 0 Å². The van der Waals surface area contributed by atoms with Gasteiger partial charge < -0.3 is 11.5 Å². The van der Waals surface area contributed by atoms with E-state index in [2.05, 4.69) is 35.2 Å². The number of likely N-dealkylation sites (tertiary alicyclic amines) is 1. The minimum Gasteiger partial charge on any atom is -0.316 e. The van der Waals surface area contributed by atoms with Crippen LogP contribution in [0.4, 0.5) is 0 Å². The Kier molecular flexibility index (Phi) is 3.93. The van der Waals surface area contributed by atoms with Gasteiger partial charge in [0, 0.05) is 6.54 Å². The van der Waals surface area contributed by atoms with Crippen molar-refractivity contribution in [2.24, 2.45) is 17.4 Å². The van der Waals surface area contributed by atoms with Gasteiger partial charge in [-0.25, -0.2) is 0 Å². The predicted molar refractivity (Wildman–Crippen MR) is 66.6 cm³/mol. The minimum absolute atomic E-state index is 0.140. The summed E-state index contributed by atoms with van der Waals surface area (Å²) in [5, 5.41) is 0. The Morgan fingerprint density at radius 1 is 1.12 bits per heavy atom. The van der Waals surface area contributed by atoms with Crippen molar-refractivity contribution in [1.29, 1.82) is 0 Å². The molecule has 16 heavy (non-hydrogen) atoms. The van der Waals surface area contributed by atoms with E-state index in [4.69, 9.17) is 11.5 Å². The van der Waals surface area contributed by atoms with E-state index in [1.165, 1.54) is 5.56 Å². The Morgan fingerprint density at radius 2 is 1.75 bits per heavy atom. The minimum atomic E-state index is -0.140. The van der Waals surface area contributed by atoms with Gasteiger partial charge in [0.1, 0.15) is 0 Å². The zero-order valence-corrected chi connectivity index (χ0v) is 9.68. The van der Waals surface area contributed by atoms with E-state index in [1.807, 2.05) is 0 Å². The largest absolute Gasteiger partial charge is 0.316 e. The van der Waals surface area contributed by atoms with E-state index in [0.29, 0.717) is 5.92 Å². The molecule has 1 aliphatic rings. The molecule has 0 radical (unpaired) electrons. The Morgan fingerprint density at radius 3 is 2.31 bits per heavy atom. The lowest BCUT2D eigenvalue weighted by atomic mass is 9.94. The average molecular weight is 219 g/mol. The van der Waals surface area contributed by atoms with Crippen LogP contribution in [0.2, 0.25) is 0 Å². The summed E-state index contributed by atoms with van der Waals surface area (Å²) in [5.41, 5.74) is 12.8. The molecule has 3 nitrogen and oxygen atoms in total.